The fourth-order valence-corrected chi connectivity index (χ4v) is 2.87. The lowest BCUT2D eigenvalue weighted by Gasteiger charge is -2.33. The topological polar surface area (TPSA) is 83.9 Å². The monoisotopic (exact) mass is 271 g/mol. The Morgan fingerprint density at radius 3 is 2.75 bits per heavy atom. The van der Waals surface area contributed by atoms with E-state index in [9.17, 15) is 12.6 Å². The second-order valence-electron chi connectivity index (χ2n) is 3.66. The summed E-state index contributed by atoms with van der Waals surface area (Å²) < 4.78 is 47.1. The first-order valence-electron chi connectivity index (χ1n) is 5.17. The van der Waals surface area contributed by atoms with E-state index in [1.165, 1.54) is 6.92 Å². The molecule has 1 rings (SSSR count). The van der Waals surface area contributed by atoms with Crippen LogP contribution in [0.1, 0.15) is 26.2 Å². The van der Waals surface area contributed by atoms with Gasteiger partial charge in [-0.15, -0.1) is 0 Å². The summed E-state index contributed by atoms with van der Waals surface area (Å²) in [5, 5.41) is 0. The van der Waals surface area contributed by atoms with Crippen molar-refractivity contribution in [3.8, 4) is 0 Å². The van der Waals surface area contributed by atoms with Crippen LogP contribution < -0.4 is 0 Å². The van der Waals surface area contributed by atoms with E-state index in [4.69, 9.17) is 8.74 Å². The van der Waals surface area contributed by atoms with Gasteiger partial charge < -0.3 is 4.55 Å². The van der Waals surface area contributed by atoms with Gasteiger partial charge in [-0.2, -0.15) is 8.42 Å². The standard InChI is InChI=1S/C8H17NO5S2/c1-2-16(12,13)14-8-5-3-4-6-9(8)7-15(10)11/h8H,2-7H2,1H3,(H,10,11). The van der Waals surface area contributed by atoms with E-state index in [1.807, 2.05) is 0 Å². The average molecular weight is 271 g/mol. The number of hydrogen-bond acceptors (Lipinski definition) is 5. The Kier molecular flexibility index (Phi) is 5.32. The molecule has 0 amide bonds. The zero-order valence-electron chi connectivity index (χ0n) is 9.16. The minimum Gasteiger partial charge on any atom is -0.305 e. The third-order valence-electron chi connectivity index (χ3n) is 2.44. The minimum atomic E-state index is -3.51. The quantitative estimate of drug-likeness (QED) is 0.573. The van der Waals surface area contributed by atoms with Crippen molar-refractivity contribution in [1.29, 1.82) is 0 Å². The van der Waals surface area contributed by atoms with Gasteiger partial charge in [-0.1, -0.05) is 0 Å². The number of nitrogens with zero attached hydrogens (tertiary/aromatic N) is 1. The SMILES string of the molecule is CCS(=O)(=O)OC1CCCCN1CS(=O)O. The van der Waals surface area contributed by atoms with Gasteiger partial charge in [0, 0.05) is 6.54 Å². The molecule has 1 N–H and O–H groups in total. The summed E-state index contributed by atoms with van der Waals surface area (Å²) in [6, 6.07) is 0. The highest BCUT2D eigenvalue weighted by Crippen LogP contribution is 2.19. The Hall–Kier alpha value is -0.0200. The lowest BCUT2D eigenvalue weighted by molar-refractivity contribution is 0.0140. The Balaban J connectivity index is 2.63. The molecule has 0 aliphatic carbocycles. The van der Waals surface area contributed by atoms with Crippen molar-refractivity contribution in [3.63, 3.8) is 0 Å². The Bertz CT molecular complexity index is 342. The van der Waals surface area contributed by atoms with Crippen LogP contribution >= 0.6 is 0 Å². The molecule has 0 aromatic carbocycles. The van der Waals surface area contributed by atoms with E-state index in [0.717, 1.165) is 12.8 Å². The highest BCUT2D eigenvalue weighted by molar-refractivity contribution is 7.86. The van der Waals surface area contributed by atoms with Gasteiger partial charge in [-0.05, 0) is 26.2 Å². The van der Waals surface area contributed by atoms with Crippen LogP contribution in [-0.4, -0.2) is 46.5 Å². The molecule has 1 aliphatic rings. The van der Waals surface area contributed by atoms with E-state index in [1.54, 1.807) is 4.90 Å². The molecule has 2 unspecified atom stereocenters. The Morgan fingerprint density at radius 2 is 2.19 bits per heavy atom. The Labute approximate surface area is 98.4 Å². The van der Waals surface area contributed by atoms with E-state index >= 15 is 0 Å². The summed E-state index contributed by atoms with van der Waals surface area (Å²) in [4.78, 5) is 1.60. The summed E-state index contributed by atoms with van der Waals surface area (Å²) in [6.07, 6.45) is 1.76. The molecule has 0 saturated carbocycles. The molecule has 0 radical (unpaired) electrons. The van der Waals surface area contributed by atoms with Gasteiger partial charge in [0.05, 0.1) is 5.75 Å². The van der Waals surface area contributed by atoms with Gasteiger partial charge in [-0.25, -0.2) is 4.21 Å². The molecule has 0 aromatic heterocycles. The molecule has 0 aromatic rings. The van der Waals surface area contributed by atoms with Crippen molar-refractivity contribution in [2.24, 2.45) is 0 Å². The second kappa shape index (κ2) is 6.06. The van der Waals surface area contributed by atoms with Crippen molar-refractivity contribution >= 4 is 21.2 Å². The summed E-state index contributed by atoms with van der Waals surface area (Å²) in [5.74, 6) is -0.149. The Morgan fingerprint density at radius 1 is 1.50 bits per heavy atom. The molecule has 8 heteroatoms. The van der Waals surface area contributed by atoms with Crippen LogP contribution in [0.15, 0.2) is 0 Å². The van der Waals surface area contributed by atoms with Gasteiger partial charge in [0.25, 0.3) is 10.1 Å². The van der Waals surface area contributed by atoms with Crippen LogP contribution in [0, 0.1) is 0 Å². The fraction of sp³-hybridized carbons (Fsp3) is 1.00. The second-order valence-corrected chi connectivity index (χ2v) is 6.44. The van der Waals surface area contributed by atoms with Crippen molar-refractivity contribution in [2.75, 3.05) is 18.2 Å². The highest BCUT2D eigenvalue weighted by Gasteiger charge is 2.28. The van der Waals surface area contributed by atoms with Crippen molar-refractivity contribution in [3.05, 3.63) is 0 Å². The van der Waals surface area contributed by atoms with E-state index in [2.05, 4.69) is 0 Å². The predicted octanol–water partition coefficient (Wildman–Crippen LogP) is 0.344. The van der Waals surface area contributed by atoms with Gasteiger partial charge in [-0.3, -0.25) is 9.08 Å². The molecule has 1 heterocycles. The van der Waals surface area contributed by atoms with Crippen molar-refractivity contribution < 1.29 is 21.4 Å². The molecule has 1 aliphatic heterocycles. The molecule has 6 nitrogen and oxygen atoms in total. The maximum atomic E-state index is 11.3. The average Bonchev–Trinajstić information content (AvgIpc) is 2.20. The maximum Gasteiger partial charge on any atom is 0.268 e. The molecule has 2 atom stereocenters. The van der Waals surface area contributed by atoms with E-state index < -0.39 is 27.4 Å². The van der Waals surface area contributed by atoms with Crippen LogP contribution in [0.4, 0.5) is 0 Å². The lowest BCUT2D eigenvalue weighted by Crippen LogP contribution is -2.44. The summed E-state index contributed by atoms with van der Waals surface area (Å²) in [7, 11) is -3.51. The number of hydrogen-bond donors (Lipinski definition) is 1. The zero-order chi connectivity index (χ0) is 12.2. The summed E-state index contributed by atoms with van der Waals surface area (Å²) in [6.45, 7) is 2.10. The number of piperidine rings is 1. The van der Waals surface area contributed by atoms with Gasteiger partial charge in [0.2, 0.25) is 0 Å². The summed E-state index contributed by atoms with van der Waals surface area (Å²) >= 11 is -1.96. The molecular formula is C8H17NO5S2. The third-order valence-corrected chi connectivity index (χ3v) is 4.22. The largest absolute Gasteiger partial charge is 0.305 e. The normalized spacial score (nSPS) is 25.5. The first-order valence-corrected chi connectivity index (χ1v) is 8.02. The van der Waals surface area contributed by atoms with Gasteiger partial charge in [0.15, 0.2) is 11.1 Å². The number of likely N-dealkylation sites (tertiary alicyclic amines) is 1. The molecular weight excluding hydrogens is 254 g/mol. The lowest BCUT2D eigenvalue weighted by atomic mass is 10.1. The fourth-order valence-electron chi connectivity index (χ4n) is 1.60. The van der Waals surface area contributed by atoms with Crippen LogP contribution in [0.2, 0.25) is 0 Å². The van der Waals surface area contributed by atoms with Crippen LogP contribution in [-0.2, 0) is 25.4 Å². The first kappa shape index (κ1) is 14.0. The molecule has 96 valence electrons. The number of rotatable bonds is 5. The summed E-state index contributed by atoms with van der Waals surface area (Å²) in [5.41, 5.74) is 0. The predicted molar refractivity (Wildman–Crippen MR) is 60.5 cm³/mol. The smallest absolute Gasteiger partial charge is 0.268 e. The zero-order valence-corrected chi connectivity index (χ0v) is 10.8. The third kappa shape index (κ3) is 4.46. The highest BCUT2D eigenvalue weighted by atomic mass is 32.2. The van der Waals surface area contributed by atoms with Crippen LogP contribution in [0.5, 0.6) is 0 Å². The van der Waals surface area contributed by atoms with E-state index in [0.29, 0.717) is 13.0 Å². The van der Waals surface area contributed by atoms with Gasteiger partial charge >= 0.3 is 0 Å². The van der Waals surface area contributed by atoms with Gasteiger partial charge in [0.1, 0.15) is 12.1 Å². The molecule has 0 spiro atoms. The van der Waals surface area contributed by atoms with Crippen molar-refractivity contribution in [2.45, 2.75) is 32.4 Å². The van der Waals surface area contributed by atoms with Crippen molar-refractivity contribution in [1.82, 2.24) is 4.90 Å². The minimum absolute atomic E-state index is 0.0656. The molecule has 0 bridgehead atoms. The van der Waals surface area contributed by atoms with Crippen LogP contribution in [0.25, 0.3) is 0 Å². The molecule has 1 fully saturated rings. The molecule has 16 heavy (non-hydrogen) atoms. The van der Waals surface area contributed by atoms with E-state index in [-0.39, 0.29) is 11.6 Å². The molecule has 1 saturated heterocycles. The van der Waals surface area contributed by atoms with Crippen LogP contribution in [0.3, 0.4) is 0 Å². The maximum absolute atomic E-state index is 11.3. The first-order chi connectivity index (χ1) is 7.44.